The number of rotatable bonds is 9. The highest BCUT2D eigenvalue weighted by Gasteiger charge is 2.07. The number of hydrogen-bond acceptors (Lipinski definition) is 5. The third kappa shape index (κ3) is 5.91. The van der Waals surface area contributed by atoms with E-state index >= 15 is 0 Å². The van der Waals surface area contributed by atoms with Gasteiger partial charge in [-0.3, -0.25) is 0 Å². The van der Waals surface area contributed by atoms with Gasteiger partial charge in [-0.2, -0.15) is 0 Å². The second-order valence-electron chi connectivity index (χ2n) is 4.51. The lowest BCUT2D eigenvalue weighted by atomic mass is 10.3. The smallest absolute Gasteiger partial charge is 0.0954 e. The molecule has 0 aliphatic carbocycles. The summed E-state index contributed by atoms with van der Waals surface area (Å²) in [5, 5.41) is 4.58. The van der Waals surface area contributed by atoms with Crippen molar-refractivity contribution in [2.24, 2.45) is 0 Å². The Labute approximate surface area is 114 Å². The van der Waals surface area contributed by atoms with Crippen molar-refractivity contribution < 1.29 is 9.47 Å². The molecule has 1 N–H and O–H groups in total. The van der Waals surface area contributed by atoms with E-state index in [4.69, 9.17) is 9.47 Å². The minimum absolute atomic E-state index is 0.507. The van der Waals surface area contributed by atoms with Gasteiger partial charge >= 0.3 is 0 Å². The van der Waals surface area contributed by atoms with Crippen LogP contribution in [0.4, 0.5) is 0 Å². The van der Waals surface area contributed by atoms with Gasteiger partial charge in [0.25, 0.3) is 0 Å². The number of aromatic nitrogens is 1. The topological polar surface area (TPSA) is 43.4 Å². The van der Waals surface area contributed by atoms with Crippen molar-refractivity contribution in [3.8, 4) is 0 Å². The molecular formula is C13H24N2O2S. The zero-order chi connectivity index (χ0) is 13.4. The predicted octanol–water partition coefficient (Wildman–Crippen LogP) is 2.16. The maximum atomic E-state index is 5.45. The van der Waals surface area contributed by atoms with E-state index in [1.165, 1.54) is 4.88 Å². The monoisotopic (exact) mass is 272 g/mol. The fourth-order valence-corrected chi connectivity index (χ4v) is 2.46. The molecule has 0 unspecified atom stereocenters. The molecule has 1 rings (SSSR count). The summed E-state index contributed by atoms with van der Waals surface area (Å²) in [6.45, 7) is 9.31. The molecule has 4 nitrogen and oxygen atoms in total. The van der Waals surface area contributed by atoms with E-state index in [9.17, 15) is 0 Å². The average molecular weight is 272 g/mol. The van der Waals surface area contributed by atoms with Gasteiger partial charge in [0, 0.05) is 31.0 Å². The van der Waals surface area contributed by atoms with Gasteiger partial charge in [-0.1, -0.05) is 13.8 Å². The zero-order valence-corrected chi connectivity index (χ0v) is 12.6. The van der Waals surface area contributed by atoms with Crippen LogP contribution in [0.3, 0.4) is 0 Å². The molecule has 0 atom stereocenters. The Hall–Kier alpha value is -0.490. The molecule has 0 amide bonds. The Balaban J connectivity index is 2.31. The Morgan fingerprint density at radius 3 is 2.72 bits per heavy atom. The highest BCUT2D eigenvalue weighted by atomic mass is 32.1. The first-order valence-corrected chi connectivity index (χ1v) is 7.20. The molecule has 0 aliphatic heterocycles. The van der Waals surface area contributed by atoms with Crippen LogP contribution < -0.4 is 5.32 Å². The number of methoxy groups -OCH3 is 1. The molecule has 0 spiro atoms. The maximum absolute atomic E-state index is 5.45. The molecule has 5 heteroatoms. The molecule has 104 valence electrons. The third-order valence-electron chi connectivity index (χ3n) is 2.50. The van der Waals surface area contributed by atoms with E-state index < -0.39 is 0 Å². The molecule has 0 radical (unpaired) electrons. The highest BCUT2D eigenvalue weighted by molar-refractivity contribution is 7.11. The fraction of sp³-hybridized carbons (Fsp3) is 0.769. The van der Waals surface area contributed by atoms with Gasteiger partial charge in [-0.25, -0.2) is 4.98 Å². The van der Waals surface area contributed by atoms with Crippen LogP contribution in [0.15, 0.2) is 0 Å². The van der Waals surface area contributed by atoms with Crippen LogP contribution in [0.5, 0.6) is 0 Å². The van der Waals surface area contributed by atoms with Gasteiger partial charge in [0.2, 0.25) is 0 Å². The molecule has 0 fully saturated rings. The SMILES string of the molecule is COCCOCCc1nc(C)c(CNC(C)C)s1. The molecule has 1 aromatic heterocycles. The van der Waals surface area contributed by atoms with E-state index in [-0.39, 0.29) is 0 Å². The van der Waals surface area contributed by atoms with E-state index in [1.54, 1.807) is 18.4 Å². The van der Waals surface area contributed by atoms with Crippen LogP contribution in [0.2, 0.25) is 0 Å². The van der Waals surface area contributed by atoms with Gasteiger partial charge in [-0.05, 0) is 6.92 Å². The number of nitrogens with zero attached hydrogens (tertiary/aromatic N) is 1. The molecule has 18 heavy (non-hydrogen) atoms. The summed E-state index contributed by atoms with van der Waals surface area (Å²) < 4.78 is 10.4. The first kappa shape index (κ1) is 15.6. The Morgan fingerprint density at radius 2 is 2.06 bits per heavy atom. The van der Waals surface area contributed by atoms with E-state index in [0.717, 1.165) is 23.7 Å². The quantitative estimate of drug-likeness (QED) is 0.700. The second-order valence-corrected chi connectivity index (χ2v) is 5.68. The standard InChI is InChI=1S/C13H24N2O2S/c1-10(2)14-9-12-11(3)15-13(18-12)5-6-17-8-7-16-4/h10,14H,5-9H2,1-4H3. The highest BCUT2D eigenvalue weighted by Crippen LogP contribution is 2.18. The van der Waals surface area contributed by atoms with Gasteiger partial charge in [-0.15, -0.1) is 11.3 Å². The molecule has 0 saturated carbocycles. The first-order chi connectivity index (χ1) is 8.63. The van der Waals surface area contributed by atoms with E-state index in [0.29, 0.717) is 25.9 Å². The predicted molar refractivity (Wildman–Crippen MR) is 75.2 cm³/mol. The minimum Gasteiger partial charge on any atom is -0.382 e. The largest absolute Gasteiger partial charge is 0.382 e. The van der Waals surface area contributed by atoms with Crippen molar-refractivity contribution in [1.82, 2.24) is 10.3 Å². The van der Waals surface area contributed by atoms with Gasteiger partial charge in [0.05, 0.1) is 30.5 Å². The molecule has 1 aromatic rings. The number of nitrogens with one attached hydrogen (secondary N) is 1. The molecule has 0 bridgehead atoms. The van der Waals surface area contributed by atoms with Crippen LogP contribution in [0.1, 0.15) is 29.4 Å². The molecular weight excluding hydrogens is 248 g/mol. The Morgan fingerprint density at radius 1 is 1.28 bits per heavy atom. The maximum Gasteiger partial charge on any atom is 0.0954 e. The lowest BCUT2D eigenvalue weighted by Crippen LogP contribution is -2.21. The van der Waals surface area contributed by atoms with Crippen molar-refractivity contribution in [2.45, 2.75) is 39.8 Å². The van der Waals surface area contributed by atoms with Crippen molar-refractivity contribution >= 4 is 11.3 Å². The minimum atomic E-state index is 0.507. The number of aryl methyl sites for hydroxylation is 1. The van der Waals surface area contributed by atoms with Crippen LogP contribution in [0, 0.1) is 6.92 Å². The van der Waals surface area contributed by atoms with Crippen molar-refractivity contribution in [2.75, 3.05) is 26.9 Å². The summed E-state index contributed by atoms with van der Waals surface area (Å²) in [4.78, 5) is 5.90. The van der Waals surface area contributed by atoms with Crippen molar-refractivity contribution in [3.63, 3.8) is 0 Å². The van der Waals surface area contributed by atoms with E-state index in [1.807, 2.05) is 0 Å². The summed E-state index contributed by atoms with van der Waals surface area (Å²) in [7, 11) is 1.68. The van der Waals surface area contributed by atoms with Crippen LogP contribution in [-0.2, 0) is 22.4 Å². The van der Waals surface area contributed by atoms with Gasteiger partial charge < -0.3 is 14.8 Å². The van der Waals surface area contributed by atoms with Crippen LogP contribution in [-0.4, -0.2) is 38.0 Å². The van der Waals surface area contributed by atoms with Crippen LogP contribution >= 0.6 is 11.3 Å². The zero-order valence-electron chi connectivity index (χ0n) is 11.8. The number of hydrogen-bond donors (Lipinski definition) is 1. The molecule has 1 heterocycles. The summed E-state index contributed by atoms with van der Waals surface area (Å²) >= 11 is 1.78. The summed E-state index contributed by atoms with van der Waals surface area (Å²) in [5.74, 6) is 0. The fourth-order valence-electron chi connectivity index (χ4n) is 1.46. The van der Waals surface area contributed by atoms with Crippen molar-refractivity contribution in [3.05, 3.63) is 15.6 Å². The van der Waals surface area contributed by atoms with Gasteiger partial charge in [0.15, 0.2) is 0 Å². The second kappa shape index (κ2) is 8.58. The molecule has 0 aromatic carbocycles. The molecule has 0 aliphatic rings. The Bertz CT molecular complexity index is 340. The number of ether oxygens (including phenoxy) is 2. The van der Waals surface area contributed by atoms with E-state index in [2.05, 4.69) is 31.1 Å². The Kier molecular flexibility index (Phi) is 7.42. The number of thiazole rings is 1. The average Bonchev–Trinajstić information content (AvgIpc) is 2.67. The lowest BCUT2D eigenvalue weighted by Gasteiger charge is -2.05. The van der Waals surface area contributed by atoms with Crippen molar-refractivity contribution in [1.29, 1.82) is 0 Å². The third-order valence-corrected chi connectivity index (χ3v) is 3.72. The van der Waals surface area contributed by atoms with Gasteiger partial charge in [0.1, 0.15) is 0 Å². The lowest BCUT2D eigenvalue weighted by molar-refractivity contribution is 0.0722. The normalized spacial score (nSPS) is 11.4. The molecule has 0 saturated heterocycles. The summed E-state index contributed by atoms with van der Waals surface area (Å²) in [6, 6.07) is 0.507. The summed E-state index contributed by atoms with van der Waals surface area (Å²) in [5.41, 5.74) is 1.14. The first-order valence-electron chi connectivity index (χ1n) is 6.38. The summed E-state index contributed by atoms with van der Waals surface area (Å²) in [6.07, 6.45) is 0.886. The van der Waals surface area contributed by atoms with Crippen LogP contribution in [0.25, 0.3) is 0 Å².